The minimum atomic E-state index is 0.353. The molecular weight excluding hydrogens is 370 g/mol. The summed E-state index contributed by atoms with van der Waals surface area (Å²) >= 11 is 0. The van der Waals surface area contributed by atoms with Gasteiger partial charge in [0.2, 0.25) is 0 Å². The number of para-hydroxylation sites is 3. The Bertz CT molecular complexity index is 951. The van der Waals surface area contributed by atoms with Gasteiger partial charge in [-0.25, -0.2) is 4.98 Å². The van der Waals surface area contributed by atoms with Gasteiger partial charge in [0.1, 0.15) is 5.82 Å². The van der Waals surface area contributed by atoms with Crippen LogP contribution < -0.4 is 16.0 Å². The molecule has 1 aliphatic rings. The van der Waals surface area contributed by atoms with Gasteiger partial charge in [-0.05, 0) is 49.4 Å². The predicted molar refractivity (Wildman–Crippen MR) is 126 cm³/mol. The van der Waals surface area contributed by atoms with Gasteiger partial charge in [-0.2, -0.15) is 0 Å². The fourth-order valence-corrected chi connectivity index (χ4v) is 4.58. The first-order chi connectivity index (χ1) is 14.7. The second-order valence-electron chi connectivity index (χ2n) is 8.42. The zero-order chi connectivity index (χ0) is 20.8. The van der Waals surface area contributed by atoms with Crippen molar-refractivity contribution in [3.05, 3.63) is 60.3 Å². The number of rotatable bonds is 8. The Morgan fingerprint density at radius 2 is 1.77 bits per heavy atom. The van der Waals surface area contributed by atoms with Crippen molar-refractivity contribution < 1.29 is 0 Å². The third kappa shape index (κ3) is 4.90. The highest BCUT2D eigenvalue weighted by Crippen LogP contribution is 2.30. The van der Waals surface area contributed by atoms with Gasteiger partial charge in [0, 0.05) is 31.4 Å². The standard InChI is InChI=1S/C25H33N5/c1-19-9-5-6-12-21(19)28-24(20-10-3-2-4-11-20)18-30(16-15-26)25-17-27-22-13-7-8-14-23(22)29-25/h5-9,12-14,17,20,24,28H,2-4,10-11,15-16,18,26H2,1H3. The first-order valence-electron chi connectivity index (χ1n) is 11.2. The van der Waals surface area contributed by atoms with Crippen molar-refractivity contribution in [2.24, 2.45) is 11.7 Å². The molecule has 0 spiro atoms. The summed E-state index contributed by atoms with van der Waals surface area (Å²) in [5, 5.41) is 3.88. The molecule has 1 saturated carbocycles. The topological polar surface area (TPSA) is 67.1 Å². The average molecular weight is 404 g/mol. The van der Waals surface area contributed by atoms with Crippen molar-refractivity contribution in [2.75, 3.05) is 29.9 Å². The maximum absolute atomic E-state index is 6.00. The van der Waals surface area contributed by atoms with Gasteiger partial charge in [0.15, 0.2) is 0 Å². The quantitative estimate of drug-likeness (QED) is 0.567. The molecule has 3 N–H and O–H groups in total. The molecular formula is C25H33N5. The van der Waals surface area contributed by atoms with Crippen LogP contribution in [0.25, 0.3) is 11.0 Å². The third-order valence-corrected chi connectivity index (χ3v) is 6.28. The molecule has 4 rings (SSSR count). The SMILES string of the molecule is Cc1ccccc1NC(CN(CCN)c1cnc2ccccc2n1)C1CCCCC1. The van der Waals surface area contributed by atoms with Crippen LogP contribution in [-0.4, -0.2) is 35.6 Å². The predicted octanol–water partition coefficient (Wildman–Crippen LogP) is 4.76. The van der Waals surface area contributed by atoms with Crippen molar-refractivity contribution in [1.82, 2.24) is 9.97 Å². The lowest BCUT2D eigenvalue weighted by atomic mass is 9.83. The highest BCUT2D eigenvalue weighted by molar-refractivity contribution is 5.75. The summed E-state index contributed by atoms with van der Waals surface area (Å²) in [4.78, 5) is 11.8. The zero-order valence-electron chi connectivity index (χ0n) is 17.9. The van der Waals surface area contributed by atoms with Crippen molar-refractivity contribution in [3.63, 3.8) is 0 Å². The fourth-order valence-electron chi connectivity index (χ4n) is 4.58. The lowest BCUT2D eigenvalue weighted by molar-refractivity contribution is 0.317. The van der Waals surface area contributed by atoms with Gasteiger partial charge >= 0.3 is 0 Å². The van der Waals surface area contributed by atoms with Gasteiger partial charge < -0.3 is 16.0 Å². The lowest BCUT2D eigenvalue weighted by Gasteiger charge is -2.36. The van der Waals surface area contributed by atoms with Crippen LogP contribution in [0.3, 0.4) is 0 Å². The summed E-state index contributed by atoms with van der Waals surface area (Å²) in [5.41, 5.74) is 10.4. The summed E-state index contributed by atoms with van der Waals surface area (Å²) in [6.07, 6.45) is 8.46. The number of nitrogens with zero attached hydrogens (tertiary/aromatic N) is 3. The van der Waals surface area contributed by atoms with Gasteiger partial charge in [0.05, 0.1) is 17.2 Å². The van der Waals surface area contributed by atoms with E-state index in [1.165, 1.54) is 43.4 Å². The van der Waals surface area contributed by atoms with E-state index in [0.717, 1.165) is 29.9 Å². The molecule has 1 fully saturated rings. The number of aromatic nitrogens is 2. The Morgan fingerprint density at radius 1 is 1.03 bits per heavy atom. The van der Waals surface area contributed by atoms with E-state index in [4.69, 9.17) is 10.7 Å². The lowest BCUT2D eigenvalue weighted by Crippen LogP contribution is -2.44. The van der Waals surface area contributed by atoms with Crippen LogP contribution in [0.5, 0.6) is 0 Å². The Morgan fingerprint density at radius 3 is 2.53 bits per heavy atom. The summed E-state index contributed by atoms with van der Waals surface area (Å²) in [6.45, 7) is 4.41. The van der Waals surface area contributed by atoms with Gasteiger partial charge in [-0.3, -0.25) is 4.98 Å². The van der Waals surface area contributed by atoms with Crippen LogP contribution >= 0.6 is 0 Å². The van der Waals surface area contributed by atoms with E-state index in [9.17, 15) is 0 Å². The molecule has 5 heteroatoms. The second kappa shape index (κ2) is 9.90. The Labute approximate surface area is 179 Å². The Balaban J connectivity index is 1.60. The number of nitrogens with two attached hydrogens (primary N) is 1. The summed E-state index contributed by atoms with van der Waals surface area (Å²) < 4.78 is 0. The molecule has 1 aromatic heterocycles. The molecule has 1 atom stereocenters. The summed E-state index contributed by atoms with van der Waals surface area (Å²) in [5.74, 6) is 1.57. The molecule has 0 bridgehead atoms. The molecule has 1 heterocycles. The van der Waals surface area contributed by atoms with E-state index < -0.39 is 0 Å². The maximum atomic E-state index is 6.00. The normalized spacial score (nSPS) is 15.8. The molecule has 158 valence electrons. The number of nitrogens with one attached hydrogen (secondary N) is 1. The smallest absolute Gasteiger partial charge is 0.147 e. The van der Waals surface area contributed by atoms with Gasteiger partial charge in [-0.1, -0.05) is 49.6 Å². The van der Waals surface area contributed by atoms with Gasteiger partial charge in [0.25, 0.3) is 0 Å². The summed E-state index contributed by atoms with van der Waals surface area (Å²) in [7, 11) is 0. The maximum Gasteiger partial charge on any atom is 0.147 e. The zero-order valence-corrected chi connectivity index (χ0v) is 17.9. The van der Waals surface area contributed by atoms with Crippen LogP contribution in [0, 0.1) is 12.8 Å². The molecule has 3 aromatic rings. The van der Waals surface area contributed by atoms with Crippen molar-refractivity contribution in [2.45, 2.75) is 45.1 Å². The Hall–Kier alpha value is -2.66. The molecule has 0 saturated heterocycles. The minimum Gasteiger partial charge on any atom is -0.380 e. The Kier molecular flexibility index (Phi) is 6.80. The van der Waals surface area contributed by atoms with Crippen LogP contribution in [0.2, 0.25) is 0 Å². The van der Waals surface area contributed by atoms with Gasteiger partial charge in [-0.15, -0.1) is 0 Å². The molecule has 0 amide bonds. The highest BCUT2D eigenvalue weighted by atomic mass is 15.2. The second-order valence-corrected chi connectivity index (χ2v) is 8.42. The number of benzene rings is 2. The minimum absolute atomic E-state index is 0.353. The summed E-state index contributed by atoms with van der Waals surface area (Å²) in [6, 6.07) is 17.0. The van der Waals surface area contributed by atoms with E-state index in [1.54, 1.807) is 0 Å². The van der Waals surface area contributed by atoms with E-state index in [-0.39, 0.29) is 0 Å². The molecule has 1 unspecified atom stereocenters. The average Bonchev–Trinajstić information content (AvgIpc) is 2.80. The van der Waals surface area contributed by atoms with Crippen LogP contribution in [0.1, 0.15) is 37.7 Å². The van der Waals surface area contributed by atoms with Crippen molar-refractivity contribution in [1.29, 1.82) is 0 Å². The number of anilines is 2. The molecule has 5 nitrogen and oxygen atoms in total. The fraction of sp³-hybridized carbons (Fsp3) is 0.440. The first kappa shape index (κ1) is 20.6. The molecule has 0 radical (unpaired) electrons. The monoisotopic (exact) mass is 403 g/mol. The van der Waals surface area contributed by atoms with Crippen LogP contribution in [0.4, 0.5) is 11.5 Å². The van der Waals surface area contributed by atoms with E-state index in [2.05, 4.69) is 46.4 Å². The molecule has 2 aromatic carbocycles. The first-order valence-corrected chi connectivity index (χ1v) is 11.2. The molecule has 30 heavy (non-hydrogen) atoms. The van der Waals surface area contributed by atoms with E-state index in [1.807, 2.05) is 30.5 Å². The number of aryl methyl sites for hydroxylation is 1. The van der Waals surface area contributed by atoms with Crippen molar-refractivity contribution >= 4 is 22.5 Å². The largest absolute Gasteiger partial charge is 0.380 e. The van der Waals surface area contributed by atoms with Crippen LogP contribution in [-0.2, 0) is 0 Å². The highest BCUT2D eigenvalue weighted by Gasteiger charge is 2.26. The molecule has 0 aliphatic heterocycles. The molecule has 1 aliphatic carbocycles. The number of hydrogen-bond acceptors (Lipinski definition) is 5. The van der Waals surface area contributed by atoms with E-state index >= 15 is 0 Å². The number of fused-ring (bicyclic) bond motifs is 1. The third-order valence-electron chi connectivity index (χ3n) is 6.28. The number of hydrogen-bond donors (Lipinski definition) is 2. The van der Waals surface area contributed by atoms with Crippen LogP contribution in [0.15, 0.2) is 54.7 Å². The van der Waals surface area contributed by atoms with Crippen molar-refractivity contribution in [3.8, 4) is 0 Å². The van der Waals surface area contributed by atoms with E-state index in [0.29, 0.717) is 18.5 Å².